The maximum atomic E-state index is 5.89. The van der Waals surface area contributed by atoms with Gasteiger partial charge in [0.1, 0.15) is 5.75 Å². The van der Waals surface area contributed by atoms with Crippen molar-refractivity contribution >= 4 is 21.4 Å². The molecule has 0 radical (unpaired) electrons. The van der Waals surface area contributed by atoms with Gasteiger partial charge < -0.3 is 9.64 Å². The monoisotopic (exact) mass is 328 g/mol. The fourth-order valence-electron chi connectivity index (χ4n) is 2.95. The van der Waals surface area contributed by atoms with Crippen molar-refractivity contribution in [2.45, 2.75) is 19.8 Å². The van der Waals surface area contributed by atoms with Crippen molar-refractivity contribution in [2.75, 3.05) is 24.6 Å². The highest BCUT2D eigenvalue weighted by molar-refractivity contribution is 7.20. The number of aryl methyl sites for hydroxylation is 1. The van der Waals surface area contributed by atoms with Gasteiger partial charge in [-0.05, 0) is 37.8 Å². The average molecular weight is 328 g/mol. The van der Waals surface area contributed by atoms with Crippen LogP contribution in [0.3, 0.4) is 0 Å². The fourth-order valence-corrected chi connectivity index (χ4v) is 3.93. The van der Waals surface area contributed by atoms with Gasteiger partial charge in [-0.3, -0.25) is 0 Å². The molecule has 5 nitrogen and oxygen atoms in total. The van der Waals surface area contributed by atoms with Crippen molar-refractivity contribution < 1.29 is 4.74 Å². The summed E-state index contributed by atoms with van der Waals surface area (Å²) in [5.41, 5.74) is 1.02. The topological polar surface area (TPSA) is 42.7 Å². The lowest BCUT2D eigenvalue weighted by Crippen LogP contribution is -2.35. The van der Waals surface area contributed by atoms with Crippen molar-refractivity contribution in [3.63, 3.8) is 0 Å². The molecule has 0 N–H and O–H groups in total. The summed E-state index contributed by atoms with van der Waals surface area (Å²) in [4.78, 5) is 7.83. The second-order valence-electron chi connectivity index (χ2n) is 6.05. The fraction of sp³-hybridized carbons (Fsp3) is 0.412. The molecule has 0 aliphatic carbocycles. The molecule has 0 bridgehead atoms. The SMILES string of the molecule is Cc1cn2nc(N3CCC(COc4ccccc4)CC3)sc2n1. The number of benzene rings is 1. The summed E-state index contributed by atoms with van der Waals surface area (Å²) in [6, 6.07) is 10.1. The molecule has 1 aliphatic rings. The van der Waals surface area contributed by atoms with Gasteiger partial charge >= 0.3 is 0 Å². The van der Waals surface area contributed by atoms with Crippen LogP contribution in [0.5, 0.6) is 5.75 Å². The Morgan fingerprint density at radius 1 is 1.22 bits per heavy atom. The number of hydrogen-bond acceptors (Lipinski definition) is 5. The van der Waals surface area contributed by atoms with Gasteiger partial charge in [-0.1, -0.05) is 29.5 Å². The van der Waals surface area contributed by atoms with Gasteiger partial charge in [0.25, 0.3) is 0 Å². The molecule has 23 heavy (non-hydrogen) atoms. The van der Waals surface area contributed by atoms with Crippen LogP contribution in [0.15, 0.2) is 36.5 Å². The molecule has 0 saturated carbocycles. The van der Waals surface area contributed by atoms with Crippen LogP contribution in [0.25, 0.3) is 4.96 Å². The molecule has 0 unspecified atom stereocenters. The van der Waals surface area contributed by atoms with Crippen LogP contribution >= 0.6 is 11.3 Å². The molecule has 120 valence electrons. The van der Waals surface area contributed by atoms with E-state index in [2.05, 4.69) is 15.0 Å². The van der Waals surface area contributed by atoms with E-state index in [1.165, 1.54) is 0 Å². The van der Waals surface area contributed by atoms with Crippen LogP contribution in [-0.4, -0.2) is 34.3 Å². The third kappa shape index (κ3) is 3.17. The number of piperidine rings is 1. The Balaban J connectivity index is 1.32. The van der Waals surface area contributed by atoms with Crippen molar-refractivity contribution in [1.82, 2.24) is 14.6 Å². The minimum Gasteiger partial charge on any atom is -0.493 e. The lowest BCUT2D eigenvalue weighted by atomic mass is 9.98. The normalized spacial score (nSPS) is 16.1. The van der Waals surface area contributed by atoms with Gasteiger partial charge in [0, 0.05) is 13.1 Å². The number of rotatable bonds is 4. The number of anilines is 1. The van der Waals surface area contributed by atoms with E-state index in [1.807, 2.05) is 48.0 Å². The van der Waals surface area contributed by atoms with Crippen LogP contribution in [0, 0.1) is 12.8 Å². The number of aromatic nitrogens is 3. The molecule has 0 spiro atoms. The standard InChI is InChI=1S/C17H20N4OS/c1-13-11-21-16(18-13)23-17(19-21)20-9-7-14(8-10-20)12-22-15-5-3-2-4-6-15/h2-6,11,14H,7-10,12H2,1H3. The molecule has 1 saturated heterocycles. The van der Waals surface area contributed by atoms with Crippen LogP contribution < -0.4 is 9.64 Å². The second kappa shape index (κ2) is 6.20. The Hall–Kier alpha value is -2.08. The molecule has 6 heteroatoms. The first-order chi connectivity index (χ1) is 11.3. The number of nitrogens with zero attached hydrogens (tertiary/aromatic N) is 4. The van der Waals surface area contributed by atoms with Crippen molar-refractivity contribution in [3.05, 3.63) is 42.2 Å². The number of hydrogen-bond donors (Lipinski definition) is 0. The van der Waals surface area contributed by atoms with Crippen molar-refractivity contribution in [3.8, 4) is 5.75 Å². The van der Waals surface area contributed by atoms with E-state index < -0.39 is 0 Å². The molecule has 0 amide bonds. The minimum absolute atomic E-state index is 0.623. The van der Waals surface area contributed by atoms with Crippen LogP contribution in [0.2, 0.25) is 0 Å². The summed E-state index contributed by atoms with van der Waals surface area (Å²) >= 11 is 1.67. The van der Waals surface area contributed by atoms with Crippen molar-refractivity contribution in [1.29, 1.82) is 0 Å². The lowest BCUT2D eigenvalue weighted by Gasteiger charge is -2.31. The third-order valence-electron chi connectivity index (χ3n) is 4.27. The third-order valence-corrected chi connectivity index (χ3v) is 5.25. The van der Waals surface area contributed by atoms with Gasteiger partial charge in [0.15, 0.2) is 0 Å². The first kappa shape index (κ1) is 14.5. The number of imidazole rings is 1. The van der Waals surface area contributed by atoms with Crippen LogP contribution in [0.1, 0.15) is 18.5 Å². The summed E-state index contributed by atoms with van der Waals surface area (Å²) in [5, 5.41) is 5.72. The molecule has 1 fully saturated rings. The van der Waals surface area contributed by atoms with Gasteiger partial charge in [-0.2, -0.15) is 0 Å². The highest BCUT2D eigenvalue weighted by atomic mass is 32.1. The molecule has 2 aromatic heterocycles. The summed E-state index contributed by atoms with van der Waals surface area (Å²) in [6.45, 7) is 4.88. The van der Waals surface area contributed by atoms with Gasteiger partial charge in [0.2, 0.25) is 10.1 Å². The molecular weight excluding hydrogens is 308 g/mol. The lowest BCUT2D eigenvalue weighted by molar-refractivity contribution is 0.223. The van der Waals surface area contributed by atoms with E-state index in [-0.39, 0.29) is 0 Å². The first-order valence-corrected chi connectivity index (χ1v) is 8.85. The molecule has 3 heterocycles. The minimum atomic E-state index is 0.623. The van der Waals surface area contributed by atoms with Gasteiger partial charge in [0.05, 0.1) is 18.5 Å². The van der Waals surface area contributed by atoms with Gasteiger partial charge in [-0.15, -0.1) is 5.10 Å². The number of ether oxygens (including phenoxy) is 1. The predicted octanol–water partition coefficient (Wildman–Crippen LogP) is 3.39. The van der Waals surface area contributed by atoms with E-state index in [9.17, 15) is 0 Å². The molecule has 4 rings (SSSR count). The molecule has 0 atom stereocenters. The zero-order chi connectivity index (χ0) is 15.6. The zero-order valence-corrected chi connectivity index (χ0v) is 14.0. The summed E-state index contributed by atoms with van der Waals surface area (Å²) in [5.74, 6) is 1.59. The Morgan fingerprint density at radius 2 is 2.00 bits per heavy atom. The Kier molecular flexibility index (Phi) is 3.91. The largest absolute Gasteiger partial charge is 0.493 e. The van der Waals surface area contributed by atoms with E-state index in [1.54, 1.807) is 11.3 Å². The molecule has 1 aliphatic heterocycles. The van der Waals surface area contributed by atoms with Gasteiger partial charge in [-0.25, -0.2) is 9.50 Å². The maximum Gasteiger partial charge on any atom is 0.214 e. The summed E-state index contributed by atoms with van der Waals surface area (Å²) in [6.07, 6.45) is 4.28. The highest BCUT2D eigenvalue weighted by Gasteiger charge is 2.22. The second-order valence-corrected chi connectivity index (χ2v) is 6.98. The zero-order valence-electron chi connectivity index (χ0n) is 13.2. The predicted molar refractivity (Wildman–Crippen MR) is 92.5 cm³/mol. The quantitative estimate of drug-likeness (QED) is 0.736. The summed E-state index contributed by atoms with van der Waals surface area (Å²) < 4.78 is 7.78. The van der Waals surface area contributed by atoms with E-state index in [0.29, 0.717) is 5.92 Å². The van der Waals surface area contributed by atoms with Crippen LogP contribution in [-0.2, 0) is 0 Å². The smallest absolute Gasteiger partial charge is 0.214 e. The Morgan fingerprint density at radius 3 is 2.74 bits per heavy atom. The van der Waals surface area contributed by atoms with E-state index >= 15 is 0 Å². The van der Waals surface area contributed by atoms with Crippen LogP contribution in [0.4, 0.5) is 5.13 Å². The Labute approximate surface area is 139 Å². The highest BCUT2D eigenvalue weighted by Crippen LogP contribution is 2.28. The first-order valence-electron chi connectivity index (χ1n) is 8.03. The molecular formula is C17H20N4OS. The number of para-hydroxylation sites is 1. The summed E-state index contributed by atoms with van der Waals surface area (Å²) in [7, 11) is 0. The van der Waals surface area contributed by atoms with Crippen molar-refractivity contribution in [2.24, 2.45) is 5.92 Å². The molecule has 3 aromatic rings. The number of fused-ring (bicyclic) bond motifs is 1. The van der Waals surface area contributed by atoms with E-state index in [0.717, 1.165) is 54.1 Å². The average Bonchev–Trinajstić information content (AvgIpc) is 3.12. The maximum absolute atomic E-state index is 5.89. The molecule has 1 aromatic carbocycles. The van der Waals surface area contributed by atoms with E-state index in [4.69, 9.17) is 4.74 Å². The Bertz CT molecular complexity index is 743.